The lowest BCUT2D eigenvalue weighted by Gasteiger charge is -2.15. The number of benzene rings is 1. The van der Waals surface area contributed by atoms with E-state index >= 15 is 0 Å². The van der Waals surface area contributed by atoms with Gasteiger partial charge in [-0.2, -0.15) is 0 Å². The molecule has 1 heterocycles. The van der Waals surface area contributed by atoms with Crippen LogP contribution in [0, 0.1) is 18.6 Å². The number of pyridine rings is 1. The minimum Gasteiger partial charge on any atom is -0.477 e. The van der Waals surface area contributed by atoms with Crippen LogP contribution in [-0.2, 0) is 0 Å². The van der Waals surface area contributed by atoms with Gasteiger partial charge < -0.3 is 15.4 Å². The Balaban J connectivity index is 2.56. The van der Waals surface area contributed by atoms with Crippen molar-refractivity contribution in [2.24, 2.45) is 0 Å². The van der Waals surface area contributed by atoms with Gasteiger partial charge in [0.15, 0.2) is 11.6 Å². The number of halogens is 3. The second-order valence-electron chi connectivity index (χ2n) is 5.29. The summed E-state index contributed by atoms with van der Waals surface area (Å²) in [6.07, 6.45) is -0.331. The van der Waals surface area contributed by atoms with E-state index in [9.17, 15) is 22.8 Å². The lowest BCUT2D eigenvalue weighted by atomic mass is 10.0. The average molecular weight is 312 g/mol. The third-order valence-electron chi connectivity index (χ3n) is 3.88. The van der Waals surface area contributed by atoms with Crippen molar-refractivity contribution in [1.29, 1.82) is 0 Å². The number of nitrogen functional groups attached to an aromatic ring is 1. The topological polar surface area (TPSA) is 85.3 Å². The van der Waals surface area contributed by atoms with Gasteiger partial charge in [-0.05, 0) is 6.92 Å². The van der Waals surface area contributed by atoms with Gasteiger partial charge in [0.25, 0.3) is 0 Å². The van der Waals surface area contributed by atoms with Crippen LogP contribution in [-0.4, -0.2) is 21.8 Å². The summed E-state index contributed by atoms with van der Waals surface area (Å²) in [6, 6.07) is -0.792. The van der Waals surface area contributed by atoms with E-state index in [1.807, 2.05) is 0 Å². The Morgan fingerprint density at radius 2 is 2.00 bits per heavy atom. The van der Waals surface area contributed by atoms with Crippen LogP contribution in [0.15, 0.2) is 11.0 Å². The Bertz CT molecular complexity index is 892. The first-order chi connectivity index (χ1) is 10.3. The van der Waals surface area contributed by atoms with Crippen LogP contribution in [0.25, 0.3) is 10.9 Å². The molecule has 0 radical (unpaired) electrons. The Kier molecular flexibility index (Phi) is 2.95. The van der Waals surface area contributed by atoms with Gasteiger partial charge in [0.2, 0.25) is 5.43 Å². The van der Waals surface area contributed by atoms with Crippen LogP contribution in [0.1, 0.15) is 28.4 Å². The van der Waals surface area contributed by atoms with Crippen molar-refractivity contribution in [3.8, 4) is 0 Å². The van der Waals surface area contributed by atoms with Gasteiger partial charge in [0.1, 0.15) is 11.7 Å². The van der Waals surface area contributed by atoms with E-state index in [-0.39, 0.29) is 11.9 Å². The lowest BCUT2D eigenvalue weighted by Crippen LogP contribution is -2.22. The quantitative estimate of drug-likeness (QED) is 0.832. The third-order valence-corrected chi connectivity index (χ3v) is 3.88. The second-order valence-corrected chi connectivity index (χ2v) is 5.29. The summed E-state index contributed by atoms with van der Waals surface area (Å²) in [4.78, 5) is 23.3. The molecule has 0 amide bonds. The fourth-order valence-electron chi connectivity index (χ4n) is 2.55. The van der Waals surface area contributed by atoms with Gasteiger partial charge in [-0.15, -0.1) is 0 Å². The summed E-state index contributed by atoms with van der Waals surface area (Å²) in [7, 11) is 0. The second kappa shape index (κ2) is 4.49. The van der Waals surface area contributed by atoms with E-state index in [1.54, 1.807) is 0 Å². The van der Waals surface area contributed by atoms with Gasteiger partial charge in [-0.3, -0.25) is 4.79 Å². The molecule has 116 valence electrons. The summed E-state index contributed by atoms with van der Waals surface area (Å²) < 4.78 is 42.7. The molecule has 2 atom stereocenters. The smallest absolute Gasteiger partial charge is 0.341 e. The highest BCUT2D eigenvalue weighted by Crippen LogP contribution is 2.42. The molecule has 1 fully saturated rings. The molecule has 8 heteroatoms. The Morgan fingerprint density at radius 3 is 2.50 bits per heavy atom. The minimum absolute atomic E-state index is 0.0623. The van der Waals surface area contributed by atoms with E-state index in [2.05, 4.69) is 0 Å². The highest BCUT2D eigenvalue weighted by atomic mass is 19.1. The Labute approximate surface area is 121 Å². The molecular weight excluding hydrogens is 301 g/mol. The number of anilines is 1. The molecule has 3 rings (SSSR count). The normalized spacial score (nSPS) is 20.4. The monoisotopic (exact) mass is 312 g/mol. The van der Waals surface area contributed by atoms with Crippen LogP contribution >= 0.6 is 0 Å². The first kappa shape index (κ1) is 14.4. The van der Waals surface area contributed by atoms with Crippen molar-refractivity contribution in [2.45, 2.75) is 25.6 Å². The molecule has 0 bridgehead atoms. The van der Waals surface area contributed by atoms with Crippen molar-refractivity contribution in [3.63, 3.8) is 0 Å². The third kappa shape index (κ3) is 1.79. The number of carboxylic acid groups (broad SMARTS) is 1. The van der Waals surface area contributed by atoms with Crippen molar-refractivity contribution < 1.29 is 23.1 Å². The molecule has 5 nitrogen and oxygen atoms in total. The molecule has 2 aromatic rings. The molecule has 1 aliphatic carbocycles. The summed E-state index contributed by atoms with van der Waals surface area (Å²) >= 11 is 0. The van der Waals surface area contributed by atoms with Crippen LogP contribution < -0.4 is 11.2 Å². The molecule has 1 aromatic carbocycles. The zero-order valence-corrected chi connectivity index (χ0v) is 11.4. The molecule has 1 aliphatic rings. The minimum atomic E-state index is -1.57. The molecule has 1 aromatic heterocycles. The molecule has 22 heavy (non-hydrogen) atoms. The highest BCUT2D eigenvalue weighted by molar-refractivity contribution is 5.98. The van der Waals surface area contributed by atoms with E-state index in [1.165, 1.54) is 0 Å². The van der Waals surface area contributed by atoms with Crippen LogP contribution in [0.2, 0.25) is 0 Å². The fraction of sp³-hybridized carbons (Fsp3) is 0.286. The van der Waals surface area contributed by atoms with Crippen molar-refractivity contribution >= 4 is 22.6 Å². The predicted octanol–water partition coefficient (Wildman–Crippen LogP) is 2.15. The van der Waals surface area contributed by atoms with E-state index in [0.29, 0.717) is 0 Å². The zero-order chi connectivity index (χ0) is 16.3. The number of aromatic nitrogens is 1. The van der Waals surface area contributed by atoms with E-state index in [0.717, 1.165) is 17.7 Å². The summed E-state index contributed by atoms with van der Waals surface area (Å²) in [5.41, 5.74) is 2.34. The van der Waals surface area contributed by atoms with Gasteiger partial charge in [0.05, 0.1) is 22.6 Å². The van der Waals surface area contributed by atoms with Crippen LogP contribution in [0.3, 0.4) is 0 Å². The Morgan fingerprint density at radius 1 is 1.41 bits per heavy atom. The largest absolute Gasteiger partial charge is 0.477 e. The highest BCUT2D eigenvalue weighted by Gasteiger charge is 2.41. The van der Waals surface area contributed by atoms with Crippen molar-refractivity contribution in [3.05, 3.63) is 39.2 Å². The Hall–Kier alpha value is -2.51. The molecule has 1 saturated carbocycles. The number of carbonyl (C=O) groups is 1. The predicted molar refractivity (Wildman–Crippen MR) is 72.8 cm³/mol. The first-order valence-electron chi connectivity index (χ1n) is 6.45. The number of alkyl halides is 1. The molecule has 0 aliphatic heterocycles. The number of nitrogens with zero attached hydrogens (tertiary/aromatic N) is 1. The number of hydrogen-bond acceptors (Lipinski definition) is 3. The summed E-state index contributed by atoms with van der Waals surface area (Å²) in [5, 5.41) is 8.50. The molecule has 0 saturated heterocycles. The lowest BCUT2D eigenvalue weighted by molar-refractivity contribution is 0.0694. The summed E-state index contributed by atoms with van der Waals surface area (Å²) in [5.74, 6) is -3.74. The number of fused-ring (bicyclic) bond motifs is 1. The maximum Gasteiger partial charge on any atom is 0.341 e. The van der Waals surface area contributed by atoms with Crippen LogP contribution in [0.5, 0.6) is 0 Å². The van der Waals surface area contributed by atoms with E-state index < -0.39 is 57.4 Å². The van der Waals surface area contributed by atoms with Gasteiger partial charge >= 0.3 is 5.97 Å². The van der Waals surface area contributed by atoms with Gasteiger partial charge in [-0.25, -0.2) is 18.0 Å². The average Bonchev–Trinajstić information content (AvgIpc) is 3.18. The maximum atomic E-state index is 14.4. The number of carboxylic acids is 1. The van der Waals surface area contributed by atoms with Crippen molar-refractivity contribution in [2.75, 3.05) is 5.73 Å². The van der Waals surface area contributed by atoms with Crippen LogP contribution in [0.4, 0.5) is 18.9 Å². The molecular formula is C14H11F3N2O3. The maximum absolute atomic E-state index is 14.4. The van der Waals surface area contributed by atoms with Gasteiger partial charge in [-0.1, -0.05) is 0 Å². The number of aromatic carboxylic acids is 1. The SMILES string of the molecule is Cc1c(F)c(N)c2c(=O)c(C(=O)O)cn(C3CC3F)c2c1F. The molecule has 2 unspecified atom stereocenters. The van der Waals surface area contributed by atoms with E-state index in [4.69, 9.17) is 10.8 Å². The number of nitrogens with two attached hydrogens (primary N) is 1. The number of rotatable bonds is 2. The fourth-order valence-corrected chi connectivity index (χ4v) is 2.55. The standard InChI is InChI=1S/C14H11F3N2O3/c1-4-9(16)11(18)8-12(10(4)17)19(7-2-6(7)15)3-5(13(8)20)14(21)22/h3,6-7H,2,18H2,1H3,(H,21,22). The first-order valence-corrected chi connectivity index (χ1v) is 6.45. The molecule has 0 spiro atoms. The zero-order valence-electron chi connectivity index (χ0n) is 11.4. The summed E-state index contributed by atoms with van der Waals surface area (Å²) in [6.45, 7) is 1.14. The van der Waals surface area contributed by atoms with Crippen molar-refractivity contribution in [1.82, 2.24) is 4.57 Å². The molecule has 3 N–H and O–H groups in total. The number of hydrogen-bond donors (Lipinski definition) is 2. The van der Waals surface area contributed by atoms with Gasteiger partial charge in [0, 0.05) is 18.2 Å².